The van der Waals surface area contributed by atoms with Gasteiger partial charge in [0.05, 0.1) is 6.61 Å². The summed E-state index contributed by atoms with van der Waals surface area (Å²) in [5.74, 6) is -0.120. The predicted octanol–water partition coefficient (Wildman–Crippen LogP) is 1.64. The van der Waals surface area contributed by atoms with Crippen LogP contribution in [0.15, 0.2) is 0 Å². The first kappa shape index (κ1) is 15.1. The molecule has 0 radical (unpaired) electrons. The summed E-state index contributed by atoms with van der Waals surface area (Å²) in [7, 11) is 1.75. The molecule has 1 aliphatic rings. The lowest BCUT2D eigenvalue weighted by molar-refractivity contribution is -0.175. The second-order valence-electron chi connectivity index (χ2n) is 5.17. The highest BCUT2D eigenvalue weighted by atomic mass is 16.7. The summed E-state index contributed by atoms with van der Waals surface area (Å²) in [4.78, 5) is 30.6. The minimum atomic E-state index is -0.165. The Morgan fingerprint density at radius 3 is 2.61 bits per heavy atom. The fraction of sp³-hybridized carbons (Fsp3) is 0.846. The summed E-state index contributed by atoms with van der Waals surface area (Å²) in [5, 5.41) is 1.56. The lowest BCUT2D eigenvalue weighted by Gasteiger charge is -2.23. The maximum Gasteiger partial charge on any atom is 0.234 e. The molecule has 18 heavy (non-hydrogen) atoms. The molecule has 1 saturated heterocycles. The average molecular weight is 256 g/mol. The number of amides is 2. The predicted molar refractivity (Wildman–Crippen MR) is 68.3 cm³/mol. The fourth-order valence-corrected chi connectivity index (χ4v) is 1.98. The van der Waals surface area contributed by atoms with Gasteiger partial charge in [-0.05, 0) is 12.3 Å². The smallest absolute Gasteiger partial charge is 0.234 e. The van der Waals surface area contributed by atoms with Crippen molar-refractivity contribution in [3.8, 4) is 0 Å². The number of unbranched alkanes of at least 4 members (excludes halogenated alkanes) is 1. The zero-order valence-corrected chi connectivity index (χ0v) is 11.8. The number of hydroxylamine groups is 2. The molecule has 0 spiro atoms. The molecule has 2 amide bonds. The van der Waals surface area contributed by atoms with Gasteiger partial charge in [0.25, 0.3) is 0 Å². The lowest BCUT2D eigenvalue weighted by atomic mass is 9.94. The summed E-state index contributed by atoms with van der Waals surface area (Å²) < 4.78 is 0. The summed E-state index contributed by atoms with van der Waals surface area (Å²) in [6.45, 7) is 6.88. The highest BCUT2D eigenvalue weighted by Gasteiger charge is 2.40. The highest BCUT2D eigenvalue weighted by molar-refractivity contribution is 6.03. The van der Waals surface area contributed by atoms with Gasteiger partial charge in [0.1, 0.15) is 6.67 Å². The van der Waals surface area contributed by atoms with Gasteiger partial charge in [-0.15, -0.1) is 0 Å². The van der Waals surface area contributed by atoms with Gasteiger partial charge in [-0.1, -0.05) is 27.2 Å². The lowest BCUT2D eigenvalue weighted by Crippen LogP contribution is -2.40. The van der Waals surface area contributed by atoms with Gasteiger partial charge in [-0.25, -0.2) is 0 Å². The second-order valence-corrected chi connectivity index (χ2v) is 5.17. The summed E-state index contributed by atoms with van der Waals surface area (Å²) in [6.07, 6.45) is 2.37. The molecule has 104 valence electrons. The van der Waals surface area contributed by atoms with Gasteiger partial charge in [-0.2, -0.15) is 5.06 Å². The molecule has 1 aliphatic heterocycles. The number of hydrogen-bond donors (Lipinski definition) is 0. The Balaban J connectivity index is 2.46. The molecule has 5 nitrogen and oxygen atoms in total. The van der Waals surface area contributed by atoms with Crippen molar-refractivity contribution in [2.75, 3.05) is 20.3 Å². The van der Waals surface area contributed by atoms with E-state index in [2.05, 4.69) is 6.92 Å². The molecule has 0 bridgehead atoms. The molecule has 1 unspecified atom stereocenters. The van der Waals surface area contributed by atoms with Gasteiger partial charge < -0.3 is 0 Å². The third kappa shape index (κ3) is 3.78. The highest BCUT2D eigenvalue weighted by Crippen LogP contribution is 2.26. The molecule has 0 aromatic rings. The SMILES string of the molecule is CCCCON(C)CN1C(=O)CC(C(C)C)C1=O. The zero-order valence-electron chi connectivity index (χ0n) is 11.8. The molecule has 1 rings (SSSR count). The van der Waals surface area contributed by atoms with Crippen LogP contribution >= 0.6 is 0 Å². The molecular formula is C13H24N2O3. The van der Waals surface area contributed by atoms with Gasteiger partial charge in [0.15, 0.2) is 0 Å². The number of rotatable bonds is 7. The van der Waals surface area contributed by atoms with Crippen LogP contribution in [0.4, 0.5) is 0 Å². The maximum absolute atomic E-state index is 12.0. The van der Waals surface area contributed by atoms with E-state index in [9.17, 15) is 9.59 Å². The summed E-state index contributed by atoms with van der Waals surface area (Å²) >= 11 is 0. The standard InChI is InChI=1S/C13H24N2O3/c1-5-6-7-18-14(4)9-15-12(16)8-11(10(2)3)13(15)17/h10-11H,5-9H2,1-4H3. The van der Waals surface area contributed by atoms with E-state index in [-0.39, 0.29) is 30.3 Å². The Hall–Kier alpha value is -0.940. The van der Waals surface area contributed by atoms with E-state index >= 15 is 0 Å². The van der Waals surface area contributed by atoms with Crippen LogP contribution < -0.4 is 0 Å². The average Bonchev–Trinajstić information content (AvgIpc) is 2.57. The van der Waals surface area contributed by atoms with Crippen LogP contribution in [0.1, 0.15) is 40.0 Å². The molecule has 0 aromatic heterocycles. The van der Waals surface area contributed by atoms with E-state index in [0.29, 0.717) is 13.0 Å². The quantitative estimate of drug-likeness (QED) is 0.395. The Kier molecular flexibility index (Phi) is 5.75. The van der Waals surface area contributed by atoms with E-state index in [1.807, 2.05) is 13.8 Å². The molecule has 1 fully saturated rings. The minimum Gasteiger partial charge on any atom is -0.298 e. The summed E-state index contributed by atoms with van der Waals surface area (Å²) in [5.41, 5.74) is 0. The molecule has 1 heterocycles. The van der Waals surface area contributed by atoms with E-state index in [1.165, 1.54) is 4.90 Å². The van der Waals surface area contributed by atoms with Crippen LogP contribution in [0.3, 0.4) is 0 Å². The Labute approximate surface area is 109 Å². The molecular weight excluding hydrogens is 232 g/mol. The van der Waals surface area contributed by atoms with Crippen molar-refractivity contribution in [2.45, 2.75) is 40.0 Å². The molecule has 0 N–H and O–H groups in total. The number of likely N-dealkylation sites (tertiary alicyclic amines) is 1. The van der Waals surface area contributed by atoms with Gasteiger partial charge in [0.2, 0.25) is 11.8 Å². The van der Waals surface area contributed by atoms with Crippen molar-refractivity contribution in [2.24, 2.45) is 11.8 Å². The molecule has 0 aliphatic carbocycles. The van der Waals surface area contributed by atoms with E-state index in [4.69, 9.17) is 4.84 Å². The van der Waals surface area contributed by atoms with Crippen LogP contribution in [0.5, 0.6) is 0 Å². The normalized spacial score (nSPS) is 20.6. The van der Waals surface area contributed by atoms with Crippen molar-refractivity contribution in [1.29, 1.82) is 0 Å². The Morgan fingerprint density at radius 1 is 1.44 bits per heavy atom. The van der Waals surface area contributed by atoms with Crippen molar-refractivity contribution in [3.05, 3.63) is 0 Å². The topological polar surface area (TPSA) is 49.9 Å². The second kappa shape index (κ2) is 6.85. The molecule has 0 aromatic carbocycles. The fourth-order valence-electron chi connectivity index (χ4n) is 1.98. The summed E-state index contributed by atoms with van der Waals surface area (Å²) in [6, 6.07) is 0. The van der Waals surface area contributed by atoms with Crippen LogP contribution in [-0.4, -0.2) is 42.1 Å². The van der Waals surface area contributed by atoms with Crippen molar-refractivity contribution >= 4 is 11.8 Å². The van der Waals surface area contributed by atoms with E-state index < -0.39 is 0 Å². The maximum atomic E-state index is 12.0. The first-order valence-corrected chi connectivity index (χ1v) is 6.65. The monoisotopic (exact) mass is 256 g/mol. The van der Waals surface area contributed by atoms with Gasteiger partial charge >= 0.3 is 0 Å². The Morgan fingerprint density at radius 2 is 2.11 bits per heavy atom. The Bertz CT molecular complexity index is 305. The number of nitrogens with zero attached hydrogens (tertiary/aromatic N) is 2. The largest absolute Gasteiger partial charge is 0.298 e. The van der Waals surface area contributed by atoms with E-state index in [0.717, 1.165) is 12.8 Å². The van der Waals surface area contributed by atoms with Crippen molar-refractivity contribution in [1.82, 2.24) is 9.96 Å². The van der Waals surface area contributed by atoms with E-state index in [1.54, 1.807) is 12.1 Å². The third-order valence-electron chi connectivity index (χ3n) is 3.23. The van der Waals surface area contributed by atoms with Crippen LogP contribution in [0, 0.1) is 11.8 Å². The minimum absolute atomic E-state index is 0.0686. The number of hydrogen-bond acceptors (Lipinski definition) is 4. The van der Waals surface area contributed by atoms with Gasteiger partial charge in [-0.3, -0.25) is 19.3 Å². The first-order valence-electron chi connectivity index (χ1n) is 6.65. The molecule has 1 atom stereocenters. The number of carbonyl (C=O) groups excluding carboxylic acids is 2. The van der Waals surface area contributed by atoms with Crippen LogP contribution in [-0.2, 0) is 14.4 Å². The molecule has 0 saturated carbocycles. The zero-order chi connectivity index (χ0) is 13.7. The van der Waals surface area contributed by atoms with Crippen LogP contribution in [0.25, 0.3) is 0 Å². The van der Waals surface area contributed by atoms with Crippen molar-refractivity contribution in [3.63, 3.8) is 0 Å². The molecule has 5 heteroatoms. The van der Waals surface area contributed by atoms with Crippen molar-refractivity contribution < 1.29 is 14.4 Å². The van der Waals surface area contributed by atoms with Crippen LogP contribution in [0.2, 0.25) is 0 Å². The first-order chi connectivity index (χ1) is 8.47. The number of carbonyl (C=O) groups is 2. The van der Waals surface area contributed by atoms with Gasteiger partial charge in [0, 0.05) is 19.4 Å². The number of imide groups is 1. The third-order valence-corrected chi connectivity index (χ3v) is 3.23.